The van der Waals surface area contributed by atoms with Crippen molar-refractivity contribution in [2.75, 3.05) is 19.8 Å². The highest BCUT2D eigenvalue weighted by atomic mass is 16.6. The number of hydrogen-bond donors (Lipinski definition) is 1. The van der Waals surface area contributed by atoms with Gasteiger partial charge in [0.05, 0.1) is 18.9 Å². The van der Waals surface area contributed by atoms with E-state index in [4.69, 9.17) is 18.9 Å². The van der Waals surface area contributed by atoms with E-state index in [9.17, 15) is 4.79 Å². The zero-order valence-corrected chi connectivity index (χ0v) is 16.2. The van der Waals surface area contributed by atoms with Crippen LogP contribution in [0.3, 0.4) is 0 Å². The van der Waals surface area contributed by atoms with Gasteiger partial charge >= 0.3 is 0 Å². The molecule has 0 radical (unpaired) electrons. The van der Waals surface area contributed by atoms with E-state index >= 15 is 0 Å². The Kier molecular flexibility index (Phi) is 6.37. The minimum absolute atomic E-state index is 0.126. The normalized spacial score (nSPS) is 15.7. The zero-order chi connectivity index (χ0) is 19.9. The Hall–Kier alpha value is -3.22. The molecule has 0 spiro atoms. The molecule has 1 aliphatic heterocycles. The standard InChI is InChI=1S/C21H24N2O5/c1-4-25-15-10-11-17(26-5-2)16(12-15)14(3)22-23-21(24)20-13-27-18-8-6-7-9-19(18)28-20/h6-12,20H,4-5,13H2,1-3H3,(H,23,24)/b22-14-/t20-/m0/s1. The molecule has 0 aliphatic carbocycles. The number of ether oxygens (including phenoxy) is 4. The number of para-hydroxylation sites is 2. The third-order valence-electron chi connectivity index (χ3n) is 4.09. The summed E-state index contributed by atoms with van der Waals surface area (Å²) < 4.78 is 22.5. The average molecular weight is 384 g/mol. The van der Waals surface area contributed by atoms with Gasteiger partial charge in [-0.2, -0.15) is 5.10 Å². The van der Waals surface area contributed by atoms with Crippen LogP contribution in [0, 0.1) is 0 Å². The maximum absolute atomic E-state index is 12.4. The first-order valence-electron chi connectivity index (χ1n) is 9.25. The van der Waals surface area contributed by atoms with Crippen LogP contribution in [-0.2, 0) is 4.79 Å². The molecule has 7 nitrogen and oxygen atoms in total. The van der Waals surface area contributed by atoms with Gasteiger partial charge < -0.3 is 18.9 Å². The van der Waals surface area contributed by atoms with E-state index in [0.29, 0.717) is 41.9 Å². The molecule has 0 saturated carbocycles. The van der Waals surface area contributed by atoms with Gasteiger partial charge in [-0.1, -0.05) is 12.1 Å². The van der Waals surface area contributed by atoms with E-state index in [1.807, 2.05) is 44.2 Å². The summed E-state index contributed by atoms with van der Waals surface area (Å²) in [4.78, 5) is 12.4. The van der Waals surface area contributed by atoms with Crippen LogP contribution in [0.5, 0.6) is 23.0 Å². The van der Waals surface area contributed by atoms with Crippen molar-refractivity contribution in [1.82, 2.24) is 5.43 Å². The molecule has 28 heavy (non-hydrogen) atoms. The Morgan fingerprint density at radius 3 is 2.64 bits per heavy atom. The number of benzene rings is 2. The van der Waals surface area contributed by atoms with Crippen LogP contribution in [0.1, 0.15) is 26.3 Å². The molecule has 1 amide bonds. The summed E-state index contributed by atoms with van der Waals surface area (Å²) in [5.74, 6) is 2.17. The Bertz CT molecular complexity index is 866. The molecule has 0 bridgehead atoms. The number of hydrogen-bond acceptors (Lipinski definition) is 6. The van der Waals surface area contributed by atoms with E-state index in [1.165, 1.54) is 0 Å². The van der Waals surface area contributed by atoms with E-state index < -0.39 is 6.10 Å². The third kappa shape index (κ3) is 4.54. The van der Waals surface area contributed by atoms with Crippen LogP contribution in [0.2, 0.25) is 0 Å². The largest absolute Gasteiger partial charge is 0.494 e. The van der Waals surface area contributed by atoms with Crippen molar-refractivity contribution in [1.29, 1.82) is 0 Å². The van der Waals surface area contributed by atoms with Gasteiger partial charge in [-0.05, 0) is 51.1 Å². The van der Waals surface area contributed by atoms with Crippen molar-refractivity contribution in [3.05, 3.63) is 48.0 Å². The molecule has 2 aromatic rings. The Morgan fingerprint density at radius 2 is 1.89 bits per heavy atom. The molecular formula is C21H24N2O5. The van der Waals surface area contributed by atoms with Gasteiger partial charge in [0.1, 0.15) is 18.1 Å². The van der Waals surface area contributed by atoms with Crippen molar-refractivity contribution >= 4 is 11.6 Å². The number of carbonyl (C=O) groups is 1. The molecule has 0 fully saturated rings. The first-order chi connectivity index (χ1) is 13.6. The minimum Gasteiger partial charge on any atom is -0.494 e. The van der Waals surface area contributed by atoms with Crippen LogP contribution in [-0.4, -0.2) is 37.5 Å². The summed E-state index contributed by atoms with van der Waals surface area (Å²) in [6, 6.07) is 12.8. The smallest absolute Gasteiger partial charge is 0.284 e. The van der Waals surface area contributed by atoms with Gasteiger partial charge in [-0.3, -0.25) is 4.79 Å². The van der Waals surface area contributed by atoms with Crippen molar-refractivity contribution in [3.8, 4) is 23.0 Å². The predicted octanol–water partition coefficient (Wildman–Crippen LogP) is 3.16. The molecule has 7 heteroatoms. The number of nitrogens with zero attached hydrogens (tertiary/aromatic N) is 1. The monoisotopic (exact) mass is 384 g/mol. The number of hydrazone groups is 1. The van der Waals surface area contributed by atoms with Crippen molar-refractivity contribution < 1.29 is 23.7 Å². The fourth-order valence-electron chi connectivity index (χ4n) is 2.75. The van der Waals surface area contributed by atoms with Gasteiger partial charge in [0.25, 0.3) is 5.91 Å². The Balaban J connectivity index is 1.71. The fraction of sp³-hybridized carbons (Fsp3) is 0.333. The lowest BCUT2D eigenvalue weighted by atomic mass is 10.1. The maximum atomic E-state index is 12.4. The van der Waals surface area contributed by atoms with E-state index in [-0.39, 0.29) is 12.5 Å². The molecule has 0 saturated heterocycles. The van der Waals surface area contributed by atoms with Crippen LogP contribution < -0.4 is 24.4 Å². The summed E-state index contributed by atoms with van der Waals surface area (Å²) in [5.41, 5.74) is 3.89. The van der Waals surface area contributed by atoms with Crippen molar-refractivity contribution in [2.24, 2.45) is 5.10 Å². The summed E-state index contributed by atoms with van der Waals surface area (Å²) in [7, 11) is 0. The summed E-state index contributed by atoms with van der Waals surface area (Å²) in [6.45, 7) is 6.82. The van der Waals surface area contributed by atoms with Crippen molar-refractivity contribution in [2.45, 2.75) is 26.9 Å². The molecule has 1 N–H and O–H groups in total. The molecule has 1 heterocycles. The molecule has 3 rings (SSSR count). The summed E-state index contributed by atoms with van der Waals surface area (Å²) in [5, 5.41) is 4.22. The number of fused-ring (bicyclic) bond motifs is 1. The average Bonchev–Trinajstić information content (AvgIpc) is 2.72. The highest BCUT2D eigenvalue weighted by molar-refractivity contribution is 6.02. The first-order valence-corrected chi connectivity index (χ1v) is 9.25. The number of nitrogens with one attached hydrogen (secondary N) is 1. The van der Waals surface area contributed by atoms with Gasteiger partial charge in [-0.15, -0.1) is 0 Å². The minimum atomic E-state index is -0.771. The molecular weight excluding hydrogens is 360 g/mol. The molecule has 1 atom stereocenters. The number of carbonyl (C=O) groups excluding carboxylic acids is 1. The lowest BCUT2D eigenvalue weighted by Crippen LogP contribution is -2.42. The second-order valence-corrected chi connectivity index (χ2v) is 6.06. The molecule has 1 aliphatic rings. The second kappa shape index (κ2) is 9.12. The van der Waals surface area contributed by atoms with E-state index in [2.05, 4.69) is 10.5 Å². The van der Waals surface area contributed by atoms with E-state index in [1.54, 1.807) is 19.1 Å². The zero-order valence-electron chi connectivity index (χ0n) is 16.2. The van der Waals surface area contributed by atoms with Crippen LogP contribution >= 0.6 is 0 Å². The van der Waals surface area contributed by atoms with Crippen LogP contribution in [0.4, 0.5) is 0 Å². The van der Waals surface area contributed by atoms with Gasteiger partial charge in [-0.25, -0.2) is 5.43 Å². The predicted molar refractivity (Wildman–Crippen MR) is 105 cm³/mol. The Labute approximate surface area is 164 Å². The highest BCUT2D eigenvalue weighted by Crippen LogP contribution is 2.31. The van der Waals surface area contributed by atoms with Crippen LogP contribution in [0.25, 0.3) is 0 Å². The molecule has 0 unspecified atom stereocenters. The maximum Gasteiger partial charge on any atom is 0.284 e. The summed E-state index contributed by atoms with van der Waals surface area (Å²) >= 11 is 0. The highest BCUT2D eigenvalue weighted by Gasteiger charge is 2.27. The fourth-order valence-corrected chi connectivity index (χ4v) is 2.75. The van der Waals surface area contributed by atoms with Crippen molar-refractivity contribution in [3.63, 3.8) is 0 Å². The lowest BCUT2D eigenvalue weighted by molar-refractivity contribution is -0.130. The first kappa shape index (κ1) is 19.5. The molecule has 0 aromatic heterocycles. The Morgan fingerprint density at radius 1 is 1.14 bits per heavy atom. The van der Waals surface area contributed by atoms with Gasteiger partial charge in [0.2, 0.25) is 6.10 Å². The topological polar surface area (TPSA) is 78.4 Å². The SMILES string of the molecule is CCOc1ccc(OCC)c(/C(C)=N\NC(=O)[C@@H]2COc3ccccc3O2)c1. The van der Waals surface area contributed by atoms with Gasteiger partial charge in [0, 0.05) is 5.56 Å². The van der Waals surface area contributed by atoms with Crippen LogP contribution in [0.15, 0.2) is 47.6 Å². The number of rotatable bonds is 7. The number of amides is 1. The van der Waals surface area contributed by atoms with Gasteiger partial charge in [0.15, 0.2) is 11.5 Å². The summed E-state index contributed by atoms with van der Waals surface area (Å²) in [6.07, 6.45) is -0.771. The molecule has 2 aromatic carbocycles. The molecule has 148 valence electrons. The quantitative estimate of drug-likeness (QED) is 0.586. The third-order valence-corrected chi connectivity index (χ3v) is 4.09. The lowest BCUT2D eigenvalue weighted by Gasteiger charge is -2.24. The second-order valence-electron chi connectivity index (χ2n) is 6.06. The van der Waals surface area contributed by atoms with E-state index in [0.717, 1.165) is 5.56 Å².